The third-order valence-electron chi connectivity index (χ3n) is 4.45. The molecule has 28 heavy (non-hydrogen) atoms. The number of nitrogens with zero attached hydrogens (tertiary/aromatic N) is 4. The van der Waals surface area contributed by atoms with Crippen LogP contribution in [0.1, 0.15) is 29.2 Å². The maximum atomic E-state index is 12.7. The Morgan fingerprint density at radius 2 is 2.14 bits per heavy atom. The van der Waals surface area contributed by atoms with E-state index in [9.17, 15) is 19.7 Å². The molecule has 1 fully saturated rings. The summed E-state index contributed by atoms with van der Waals surface area (Å²) in [6.07, 6.45) is 3.36. The molecule has 0 saturated heterocycles. The average molecular weight is 383 g/mol. The highest BCUT2D eigenvalue weighted by atomic mass is 16.6. The highest BCUT2D eigenvalue weighted by Gasteiger charge is 2.31. The molecule has 0 unspecified atom stereocenters. The summed E-state index contributed by atoms with van der Waals surface area (Å²) in [5.74, 6) is 0.538. The lowest BCUT2D eigenvalue weighted by atomic mass is 10.2. The number of carbonyl (C=O) groups excluding carboxylic acids is 1. The van der Waals surface area contributed by atoms with E-state index in [2.05, 4.69) is 10.4 Å². The van der Waals surface area contributed by atoms with E-state index in [4.69, 9.17) is 4.42 Å². The van der Waals surface area contributed by atoms with Gasteiger partial charge in [-0.2, -0.15) is 0 Å². The molecule has 1 aliphatic rings. The lowest BCUT2D eigenvalue weighted by molar-refractivity contribution is -0.384. The normalized spacial score (nSPS) is 13.4. The molecule has 144 valence electrons. The molecule has 4 rings (SSSR count). The van der Waals surface area contributed by atoms with Crippen molar-refractivity contribution in [2.24, 2.45) is 0 Å². The van der Waals surface area contributed by atoms with Crippen molar-refractivity contribution in [3.05, 3.63) is 68.8 Å². The molecule has 1 aromatic carbocycles. The van der Waals surface area contributed by atoms with Crippen LogP contribution in [0.5, 0.6) is 0 Å². The van der Waals surface area contributed by atoms with E-state index < -0.39 is 10.8 Å². The van der Waals surface area contributed by atoms with Crippen molar-refractivity contribution in [2.45, 2.75) is 25.4 Å². The van der Waals surface area contributed by atoms with Crippen molar-refractivity contribution < 1.29 is 14.1 Å². The first-order valence-corrected chi connectivity index (χ1v) is 8.80. The van der Waals surface area contributed by atoms with Gasteiger partial charge in [0.05, 0.1) is 17.7 Å². The molecule has 1 amide bonds. The number of hydrogen-bond acceptors (Lipinski definition) is 6. The van der Waals surface area contributed by atoms with Gasteiger partial charge in [0.2, 0.25) is 5.82 Å². The first-order valence-electron chi connectivity index (χ1n) is 8.80. The van der Waals surface area contributed by atoms with Gasteiger partial charge in [0, 0.05) is 30.3 Å². The van der Waals surface area contributed by atoms with Gasteiger partial charge >= 0.3 is 5.69 Å². The van der Waals surface area contributed by atoms with Crippen LogP contribution in [-0.4, -0.2) is 31.7 Å². The number of rotatable bonds is 7. The predicted octanol–water partition coefficient (Wildman–Crippen LogP) is 1.98. The lowest BCUT2D eigenvalue weighted by Gasteiger charge is -2.05. The Balaban J connectivity index is 1.46. The number of nitrogens with one attached hydrogen (secondary N) is 1. The highest BCUT2D eigenvalue weighted by molar-refractivity contribution is 5.94. The van der Waals surface area contributed by atoms with Gasteiger partial charge in [-0.3, -0.25) is 19.5 Å². The third kappa shape index (κ3) is 3.43. The topological polar surface area (TPSA) is 125 Å². The van der Waals surface area contributed by atoms with Crippen LogP contribution in [0.3, 0.4) is 0 Å². The summed E-state index contributed by atoms with van der Waals surface area (Å²) in [7, 11) is 0. The van der Waals surface area contributed by atoms with Crippen LogP contribution in [0, 0.1) is 10.1 Å². The molecule has 0 radical (unpaired) electrons. The zero-order chi connectivity index (χ0) is 19.7. The number of carbonyl (C=O) groups is 1. The summed E-state index contributed by atoms with van der Waals surface area (Å²) in [6.45, 7) is 0.327. The third-order valence-corrected chi connectivity index (χ3v) is 4.45. The van der Waals surface area contributed by atoms with Gasteiger partial charge in [0.1, 0.15) is 0 Å². The van der Waals surface area contributed by atoms with E-state index in [0.717, 1.165) is 12.8 Å². The fourth-order valence-electron chi connectivity index (χ4n) is 2.94. The number of hydrogen-bond donors (Lipinski definition) is 1. The number of non-ortho nitro benzene ring substituents is 1. The first-order chi connectivity index (χ1) is 13.5. The molecule has 3 aromatic rings. The van der Waals surface area contributed by atoms with Gasteiger partial charge in [-0.15, -0.1) is 5.10 Å². The monoisotopic (exact) mass is 383 g/mol. The number of nitro groups is 1. The van der Waals surface area contributed by atoms with Crippen molar-refractivity contribution in [1.82, 2.24) is 19.7 Å². The van der Waals surface area contributed by atoms with Gasteiger partial charge in [0.25, 0.3) is 11.6 Å². The van der Waals surface area contributed by atoms with E-state index in [1.165, 1.54) is 35.2 Å². The van der Waals surface area contributed by atoms with E-state index in [0.29, 0.717) is 11.6 Å². The second kappa shape index (κ2) is 7.14. The van der Waals surface area contributed by atoms with Gasteiger partial charge in [-0.05, 0) is 31.0 Å². The van der Waals surface area contributed by atoms with Crippen LogP contribution < -0.4 is 11.0 Å². The van der Waals surface area contributed by atoms with Crippen molar-refractivity contribution >= 4 is 11.6 Å². The van der Waals surface area contributed by atoms with Crippen molar-refractivity contribution in [3.63, 3.8) is 0 Å². The van der Waals surface area contributed by atoms with Crippen molar-refractivity contribution in [2.75, 3.05) is 6.54 Å². The minimum absolute atomic E-state index is 0.126. The van der Waals surface area contributed by atoms with Crippen LogP contribution in [0.2, 0.25) is 0 Å². The maximum absolute atomic E-state index is 12.7. The van der Waals surface area contributed by atoms with Crippen molar-refractivity contribution in [3.8, 4) is 11.6 Å². The van der Waals surface area contributed by atoms with E-state index in [1.54, 1.807) is 16.7 Å². The van der Waals surface area contributed by atoms with Crippen LogP contribution in [0.25, 0.3) is 11.6 Å². The van der Waals surface area contributed by atoms with Crippen LogP contribution in [0.4, 0.5) is 5.69 Å². The molecule has 0 atom stereocenters. The molecule has 2 aromatic heterocycles. The summed E-state index contributed by atoms with van der Waals surface area (Å²) in [5, 5.41) is 17.8. The number of nitro benzene ring substituents is 1. The van der Waals surface area contributed by atoms with Gasteiger partial charge < -0.3 is 9.73 Å². The summed E-state index contributed by atoms with van der Waals surface area (Å²) in [4.78, 5) is 35.1. The smallest absolute Gasteiger partial charge is 0.346 e. The van der Waals surface area contributed by atoms with Gasteiger partial charge in [-0.1, -0.05) is 6.07 Å². The highest BCUT2D eigenvalue weighted by Crippen LogP contribution is 2.36. The molecule has 0 aliphatic heterocycles. The average Bonchev–Trinajstić information content (AvgIpc) is 3.26. The zero-order valence-electron chi connectivity index (χ0n) is 14.8. The van der Waals surface area contributed by atoms with E-state index >= 15 is 0 Å². The molecule has 1 saturated carbocycles. The Bertz CT molecular complexity index is 1080. The maximum Gasteiger partial charge on any atom is 0.346 e. The van der Waals surface area contributed by atoms with Gasteiger partial charge in [-0.25, -0.2) is 9.48 Å². The van der Waals surface area contributed by atoms with Crippen LogP contribution >= 0.6 is 0 Å². The molecule has 10 heteroatoms. The summed E-state index contributed by atoms with van der Waals surface area (Å²) in [5.41, 5.74) is -0.227. The Labute approximate surface area is 158 Å². The molecule has 0 spiro atoms. The van der Waals surface area contributed by atoms with E-state index in [-0.39, 0.29) is 36.1 Å². The lowest BCUT2D eigenvalue weighted by Crippen LogP contribution is -2.32. The number of benzene rings is 1. The number of furan rings is 1. The molecule has 1 N–H and O–H groups in total. The predicted molar refractivity (Wildman–Crippen MR) is 97.9 cm³/mol. The molecule has 0 bridgehead atoms. The fourth-order valence-corrected chi connectivity index (χ4v) is 2.94. The Hall–Kier alpha value is -3.69. The summed E-state index contributed by atoms with van der Waals surface area (Å²) in [6, 6.07) is 9.07. The minimum atomic E-state index is -0.559. The fraction of sp³-hybridized carbons (Fsp3) is 0.278. The largest absolute Gasteiger partial charge is 0.461 e. The standard InChI is InChI=1S/C18H17N5O5/c24-17(12-3-1-4-14(11-12)23(26)27)19-8-9-21-18(25)22(13-6-7-13)16(20-21)15-5-2-10-28-15/h1-5,10-11,13H,6-9H2,(H,19,24). The summed E-state index contributed by atoms with van der Waals surface area (Å²) >= 11 is 0. The quantitative estimate of drug-likeness (QED) is 0.491. The first kappa shape index (κ1) is 17.7. The molecular formula is C18H17N5O5. The van der Waals surface area contributed by atoms with Crippen LogP contribution in [-0.2, 0) is 6.54 Å². The second-order valence-electron chi connectivity index (χ2n) is 6.47. The number of aromatic nitrogens is 3. The SMILES string of the molecule is O=C(NCCn1nc(-c2ccco2)n(C2CC2)c1=O)c1cccc([N+](=O)[O-])c1. The van der Waals surface area contributed by atoms with Gasteiger partial charge in [0.15, 0.2) is 5.76 Å². The summed E-state index contributed by atoms with van der Waals surface area (Å²) < 4.78 is 8.30. The Kier molecular flexibility index (Phi) is 4.52. The molecular weight excluding hydrogens is 366 g/mol. The van der Waals surface area contributed by atoms with Crippen molar-refractivity contribution in [1.29, 1.82) is 0 Å². The second-order valence-corrected chi connectivity index (χ2v) is 6.47. The molecule has 10 nitrogen and oxygen atoms in total. The Morgan fingerprint density at radius 3 is 2.82 bits per heavy atom. The Morgan fingerprint density at radius 1 is 1.32 bits per heavy atom. The molecule has 1 aliphatic carbocycles. The van der Waals surface area contributed by atoms with E-state index in [1.807, 2.05) is 0 Å². The zero-order valence-corrected chi connectivity index (χ0v) is 14.8. The number of amides is 1. The minimum Gasteiger partial charge on any atom is -0.461 e. The molecule has 2 heterocycles. The van der Waals surface area contributed by atoms with Crippen LogP contribution in [0.15, 0.2) is 51.9 Å².